The number of ether oxygens (including phenoxy) is 1. The lowest BCUT2D eigenvalue weighted by molar-refractivity contribution is 0.0325. The van der Waals surface area contributed by atoms with Crippen molar-refractivity contribution in [2.45, 2.75) is 52.0 Å². The third-order valence-electron chi connectivity index (χ3n) is 5.87. The third-order valence-corrected chi connectivity index (χ3v) is 5.87. The number of hydrogen-bond donors (Lipinski definition) is 2. The molecule has 2 N–H and O–H groups in total. The average molecular weight is 484 g/mol. The van der Waals surface area contributed by atoms with E-state index in [1.165, 1.54) is 18.3 Å². The number of pyridine rings is 1. The maximum Gasteiger partial charge on any atom is 0.259 e. The lowest BCUT2D eigenvalue weighted by atomic mass is 9.99. The molecule has 1 aromatic heterocycles. The molecule has 8 heteroatoms. The highest BCUT2D eigenvalue weighted by Crippen LogP contribution is 2.27. The summed E-state index contributed by atoms with van der Waals surface area (Å²) in [5, 5.41) is 19.7. The van der Waals surface area contributed by atoms with Gasteiger partial charge in [0.05, 0.1) is 12.6 Å². The van der Waals surface area contributed by atoms with Crippen molar-refractivity contribution in [1.82, 2.24) is 14.8 Å². The van der Waals surface area contributed by atoms with Crippen LogP contribution >= 0.6 is 0 Å². The van der Waals surface area contributed by atoms with Gasteiger partial charge in [0, 0.05) is 37.3 Å². The smallest absolute Gasteiger partial charge is 0.259 e. The van der Waals surface area contributed by atoms with Crippen LogP contribution in [0, 0.1) is 23.6 Å². The highest BCUT2D eigenvalue weighted by Gasteiger charge is 2.34. The summed E-state index contributed by atoms with van der Waals surface area (Å²) in [6.45, 7) is 8.21. The quantitative estimate of drug-likeness (QED) is 0.615. The molecule has 0 spiro atoms. The van der Waals surface area contributed by atoms with Gasteiger partial charge in [0.15, 0.2) is 0 Å². The van der Waals surface area contributed by atoms with Crippen LogP contribution in [0.2, 0.25) is 0 Å². The molecule has 0 radical (unpaired) electrons. The van der Waals surface area contributed by atoms with Crippen LogP contribution in [0.15, 0.2) is 36.5 Å². The zero-order chi connectivity index (χ0) is 25.8. The Hall–Kier alpha value is -2.99. The molecule has 1 aliphatic heterocycles. The van der Waals surface area contributed by atoms with Gasteiger partial charge in [-0.15, -0.1) is 0 Å². The van der Waals surface area contributed by atoms with E-state index < -0.39 is 11.6 Å². The Balaban J connectivity index is 1.92. The zero-order valence-electron chi connectivity index (χ0n) is 21.0. The number of hydrogen-bond acceptors (Lipinski definition) is 6. The Kier molecular flexibility index (Phi) is 8.49. The Morgan fingerprint density at radius 1 is 1.37 bits per heavy atom. The van der Waals surface area contributed by atoms with Gasteiger partial charge in [0.1, 0.15) is 23.1 Å². The van der Waals surface area contributed by atoms with Crippen molar-refractivity contribution in [2.75, 3.05) is 26.7 Å². The number of amides is 1. The van der Waals surface area contributed by atoms with Gasteiger partial charge >= 0.3 is 0 Å². The van der Waals surface area contributed by atoms with E-state index in [0.29, 0.717) is 25.2 Å². The van der Waals surface area contributed by atoms with Gasteiger partial charge in [0.2, 0.25) is 5.88 Å². The first-order chi connectivity index (χ1) is 16.5. The second kappa shape index (κ2) is 11.2. The molecular weight excluding hydrogens is 449 g/mol. The molecule has 3 rings (SSSR count). The molecule has 2 heterocycles. The van der Waals surface area contributed by atoms with Crippen molar-refractivity contribution in [3.63, 3.8) is 0 Å². The van der Waals surface area contributed by atoms with Crippen molar-refractivity contribution in [3.05, 3.63) is 59.0 Å². The first kappa shape index (κ1) is 26.6. The van der Waals surface area contributed by atoms with Gasteiger partial charge in [-0.3, -0.25) is 9.69 Å². The molecule has 1 aliphatic rings. The molecule has 1 aromatic carbocycles. The maximum atomic E-state index is 13.6. The predicted octanol–water partition coefficient (Wildman–Crippen LogP) is 2.70. The number of aliphatic hydroxyl groups excluding tert-OH is 1. The van der Waals surface area contributed by atoms with Gasteiger partial charge in [0.25, 0.3) is 5.91 Å². The average Bonchev–Trinajstić information content (AvgIpc) is 2.79. The zero-order valence-corrected chi connectivity index (χ0v) is 21.0. The van der Waals surface area contributed by atoms with Crippen LogP contribution in [0.1, 0.15) is 49.2 Å². The summed E-state index contributed by atoms with van der Waals surface area (Å²) in [5.41, 5.74) is 0.408. The van der Waals surface area contributed by atoms with E-state index in [9.17, 15) is 19.4 Å². The normalized spacial score (nSPS) is 19.2. The number of rotatable bonds is 6. The van der Waals surface area contributed by atoms with E-state index in [-0.39, 0.29) is 41.8 Å². The molecule has 188 valence electrons. The fourth-order valence-electron chi connectivity index (χ4n) is 3.93. The summed E-state index contributed by atoms with van der Waals surface area (Å²) >= 11 is 0. The first-order valence-corrected chi connectivity index (χ1v) is 11.7. The molecule has 35 heavy (non-hydrogen) atoms. The van der Waals surface area contributed by atoms with Gasteiger partial charge in [-0.25, -0.2) is 9.37 Å². The van der Waals surface area contributed by atoms with E-state index in [0.717, 1.165) is 5.56 Å². The van der Waals surface area contributed by atoms with Gasteiger partial charge in [-0.1, -0.05) is 30.9 Å². The van der Waals surface area contributed by atoms with Crippen LogP contribution in [0.5, 0.6) is 5.88 Å². The standard InChI is InChI=1S/C27H34FN3O4/c1-18-14-31(19(2)17-32)26(33)23-12-20(9-10-27(3,4)34)13-29-25(23)35-24(18)16-30(5)15-21-7-6-8-22(28)11-21/h6-8,11-13,18-19,24,32,34H,14-17H2,1-5H3/t18-,19+,24-/m0/s1. The summed E-state index contributed by atoms with van der Waals surface area (Å²) in [5.74, 6) is 5.16. The van der Waals surface area contributed by atoms with Crippen molar-refractivity contribution in [2.24, 2.45) is 5.92 Å². The minimum absolute atomic E-state index is 0.0625. The second-order valence-electron chi connectivity index (χ2n) is 9.84. The van der Waals surface area contributed by atoms with Crippen molar-refractivity contribution >= 4 is 5.91 Å². The number of carbonyl (C=O) groups excluding carboxylic acids is 1. The molecule has 0 fully saturated rings. The van der Waals surface area contributed by atoms with E-state index in [1.807, 2.05) is 24.9 Å². The van der Waals surface area contributed by atoms with Crippen LogP contribution in [0.4, 0.5) is 4.39 Å². The largest absolute Gasteiger partial charge is 0.472 e. The molecule has 0 bridgehead atoms. The maximum absolute atomic E-state index is 13.6. The molecule has 2 aromatic rings. The summed E-state index contributed by atoms with van der Waals surface area (Å²) < 4.78 is 19.9. The number of fused-ring (bicyclic) bond motifs is 1. The Bertz CT molecular complexity index is 1110. The van der Waals surface area contributed by atoms with E-state index in [4.69, 9.17) is 4.74 Å². The van der Waals surface area contributed by atoms with Crippen molar-refractivity contribution in [3.8, 4) is 17.7 Å². The number of aliphatic hydroxyl groups is 2. The second-order valence-corrected chi connectivity index (χ2v) is 9.84. The monoisotopic (exact) mass is 483 g/mol. The lowest BCUT2D eigenvalue weighted by Crippen LogP contribution is -2.49. The SMILES string of the molecule is C[C@H](CO)N1C[C@H](C)[C@H](CN(C)Cc2cccc(F)c2)Oc2ncc(C#CC(C)(C)O)cc2C1=O. The van der Waals surface area contributed by atoms with E-state index >= 15 is 0 Å². The number of aromatic nitrogens is 1. The van der Waals surface area contributed by atoms with Gasteiger partial charge < -0.3 is 19.8 Å². The highest BCUT2D eigenvalue weighted by atomic mass is 19.1. The molecular formula is C27H34FN3O4. The van der Waals surface area contributed by atoms with Gasteiger partial charge in [-0.05, 0) is 51.6 Å². The summed E-state index contributed by atoms with van der Waals surface area (Å²) in [7, 11) is 1.93. The molecule has 7 nitrogen and oxygen atoms in total. The van der Waals surface area contributed by atoms with Crippen LogP contribution < -0.4 is 4.74 Å². The lowest BCUT2D eigenvalue weighted by Gasteiger charge is -2.37. The fraction of sp³-hybridized carbons (Fsp3) is 0.481. The number of likely N-dealkylation sites (N-methyl/N-ethyl adjacent to an activating group) is 1. The molecule has 0 saturated heterocycles. The predicted molar refractivity (Wildman–Crippen MR) is 131 cm³/mol. The Morgan fingerprint density at radius 3 is 2.77 bits per heavy atom. The highest BCUT2D eigenvalue weighted by molar-refractivity contribution is 5.97. The van der Waals surface area contributed by atoms with Crippen molar-refractivity contribution in [1.29, 1.82) is 0 Å². The summed E-state index contributed by atoms with van der Waals surface area (Å²) in [6, 6.07) is 7.71. The minimum atomic E-state index is -1.19. The molecule has 0 unspecified atom stereocenters. The fourth-order valence-corrected chi connectivity index (χ4v) is 3.93. The molecule has 1 amide bonds. The Labute approximate surface area is 206 Å². The van der Waals surface area contributed by atoms with Crippen LogP contribution in [-0.4, -0.2) is 75.4 Å². The van der Waals surface area contributed by atoms with E-state index in [1.54, 1.807) is 37.8 Å². The number of halogens is 1. The van der Waals surface area contributed by atoms with E-state index in [2.05, 4.69) is 16.8 Å². The van der Waals surface area contributed by atoms with Crippen LogP contribution in [-0.2, 0) is 6.54 Å². The Morgan fingerprint density at radius 2 is 2.11 bits per heavy atom. The number of nitrogens with zero attached hydrogens (tertiary/aromatic N) is 3. The molecule has 0 saturated carbocycles. The first-order valence-electron chi connectivity index (χ1n) is 11.7. The minimum Gasteiger partial charge on any atom is -0.472 e. The van der Waals surface area contributed by atoms with Crippen LogP contribution in [0.25, 0.3) is 0 Å². The number of carbonyl (C=O) groups is 1. The topological polar surface area (TPSA) is 86.1 Å². The summed E-state index contributed by atoms with van der Waals surface area (Å²) in [6.07, 6.45) is 1.21. The van der Waals surface area contributed by atoms with Gasteiger partial charge in [-0.2, -0.15) is 0 Å². The van der Waals surface area contributed by atoms with Crippen molar-refractivity contribution < 1.29 is 24.1 Å². The number of benzene rings is 1. The molecule has 3 atom stereocenters. The third kappa shape index (κ3) is 7.25. The summed E-state index contributed by atoms with van der Waals surface area (Å²) in [4.78, 5) is 21.5. The molecule has 0 aliphatic carbocycles. The van der Waals surface area contributed by atoms with Crippen LogP contribution in [0.3, 0.4) is 0 Å².